The summed E-state index contributed by atoms with van der Waals surface area (Å²) in [6, 6.07) is 17.6. The minimum absolute atomic E-state index is 0.0713. The van der Waals surface area contributed by atoms with Crippen molar-refractivity contribution < 1.29 is 14.0 Å². The van der Waals surface area contributed by atoms with Crippen molar-refractivity contribution in [3.63, 3.8) is 0 Å². The zero-order valence-electron chi connectivity index (χ0n) is 18.5. The molecule has 0 saturated carbocycles. The fourth-order valence-corrected chi connectivity index (χ4v) is 4.70. The van der Waals surface area contributed by atoms with Gasteiger partial charge in [-0.2, -0.15) is 5.10 Å². The van der Waals surface area contributed by atoms with Crippen LogP contribution in [0.2, 0.25) is 0 Å². The fourth-order valence-electron chi connectivity index (χ4n) is 3.97. The Morgan fingerprint density at radius 2 is 1.76 bits per heavy atom. The first-order valence-electron chi connectivity index (χ1n) is 11.1. The Labute approximate surface area is 201 Å². The Morgan fingerprint density at radius 3 is 2.47 bits per heavy atom. The molecule has 1 saturated heterocycles. The molecule has 2 amide bonds. The van der Waals surface area contributed by atoms with E-state index in [-0.39, 0.29) is 11.8 Å². The summed E-state index contributed by atoms with van der Waals surface area (Å²) in [6.07, 6.45) is 6.91. The number of carbonyl (C=O) groups is 2. The highest BCUT2D eigenvalue weighted by atomic mass is 32.1. The van der Waals surface area contributed by atoms with Crippen LogP contribution in [0.5, 0.6) is 0 Å². The molecule has 8 heteroatoms. The number of amides is 2. The number of aromatic nitrogens is 2. The van der Waals surface area contributed by atoms with Crippen molar-refractivity contribution in [2.24, 2.45) is 0 Å². The average molecular weight is 473 g/mol. The first-order chi connectivity index (χ1) is 16.7. The van der Waals surface area contributed by atoms with E-state index < -0.39 is 0 Å². The van der Waals surface area contributed by atoms with Gasteiger partial charge in [0.15, 0.2) is 5.76 Å². The molecule has 0 N–H and O–H groups in total. The van der Waals surface area contributed by atoms with Crippen molar-refractivity contribution in [1.29, 1.82) is 0 Å². The van der Waals surface area contributed by atoms with Gasteiger partial charge < -0.3 is 14.2 Å². The monoisotopic (exact) mass is 472 g/mol. The van der Waals surface area contributed by atoms with Gasteiger partial charge in [0.05, 0.1) is 17.7 Å². The Kier molecular flexibility index (Phi) is 6.40. The lowest BCUT2D eigenvalue weighted by Crippen LogP contribution is -2.50. The lowest BCUT2D eigenvalue weighted by molar-refractivity contribution is -0.127. The SMILES string of the molecule is O=C(/C=C/c1cn(Cc2ccccc2)nc1-c1cccs1)N1CCN(C(=O)c2ccco2)CC1. The van der Waals surface area contributed by atoms with E-state index in [0.717, 1.165) is 21.7 Å². The molecule has 0 radical (unpaired) electrons. The van der Waals surface area contributed by atoms with Gasteiger partial charge in [-0.05, 0) is 35.2 Å². The zero-order chi connectivity index (χ0) is 23.3. The van der Waals surface area contributed by atoms with Crippen LogP contribution >= 0.6 is 11.3 Å². The third-order valence-electron chi connectivity index (χ3n) is 5.75. The lowest BCUT2D eigenvalue weighted by atomic mass is 10.2. The lowest BCUT2D eigenvalue weighted by Gasteiger charge is -2.33. The number of hydrogen-bond donors (Lipinski definition) is 0. The molecule has 34 heavy (non-hydrogen) atoms. The Morgan fingerprint density at radius 1 is 0.971 bits per heavy atom. The van der Waals surface area contributed by atoms with E-state index in [9.17, 15) is 9.59 Å². The molecular weight excluding hydrogens is 448 g/mol. The number of thiophene rings is 1. The van der Waals surface area contributed by atoms with Crippen molar-refractivity contribution in [1.82, 2.24) is 19.6 Å². The maximum atomic E-state index is 12.9. The molecule has 0 unspecified atom stereocenters. The predicted molar refractivity (Wildman–Crippen MR) is 131 cm³/mol. The number of piperazine rings is 1. The van der Waals surface area contributed by atoms with E-state index in [0.29, 0.717) is 38.5 Å². The molecule has 4 aromatic rings. The molecule has 0 bridgehead atoms. The summed E-state index contributed by atoms with van der Waals surface area (Å²) >= 11 is 1.62. The van der Waals surface area contributed by atoms with E-state index in [1.807, 2.05) is 52.7 Å². The van der Waals surface area contributed by atoms with Crippen LogP contribution in [0.1, 0.15) is 21.7 Å². The van der Waals surface area contributed by atoms with Crippen molar-refractivity contribution >= 4 is 29.2 Å². The quantitative estimate of drug-likeness (QED) is 0.394. The van der Waals surface area contributed by atoms with Gasteiger partial charge in [0.25, 0.3) is 5.91 Å². The average Bonchev–Trinajstić information content (AvgIpc) is 3.65. The van der Waals surface area contributed by atoms with Crippen LogP contribution in [0.3, 0.4) is 0 Å². The number of hydrogen-bond acceptors (Lipinski definition) is 5. The van der Waals surface area contributed by atoms with Gasteiger partial charge in [0.1, 0.15) is 5.69 Å². The van der Waals surface area contributed by atoms with Gasteiger partial charge in [-0.3, -0.25) is 14.3 Å². The van der Waals surface area contributed by atoms with E-state index in [1.54, 1.807) is 39.3 Å². The van der Waals surface area contributed by atoms with Crippen molar-refractivity contribution in [3.8, 4) is 10.6 Å². The summed E-state index contributed by atoms with van der Waals surface area (Å²) in [6.45, 7) is 2.59. The second-order valence-electron chi connectivity index (χ2n) is 8.02. The number of nitrogens with zero attached hydrogens (tertiary/aromatic N) is 4. The highest BCUT2D eigenvalue weighted by Crippen LogP contribution is 2.28. The molecule has 1 aromatic carbocycles. The molecular formula is C26H24N4O3S. The summed E-state index contributed by atoms with van der Waals surface area (Å²) in [5.74, 6) is 0.116. The van der Waals surface area contributed by atoms with Gasteiger partial charge >= 0.3 is 0 Å². The van der Waals surface area contributed by atoms with E-state index in [1.165, 1.54) is 6.26 Å². The molecule has 7 nitrogen and oxygen atoms in total. The maximum Gasteiger partial charge on any atom is 0.289 e. The van der Waals surface area contributed by atoms with Crippen molar-refractivity contribution in [2.45, 2.75) is 6.54 Å². The smallest absolute Gasteiger partial charge is 0.289 e. The zero-order valence-corrected chi connectivity index (χ0v) is 19.4. The highest BCUT2D eigenvalue weighted by Gasteiger charge is 2.25. The number of rotatable bonds is 6. The second-order valence-corrected chi connectivity index (χ2v) is 8.97. The Hall–Kier alpha value is -3.91. The molecule has 1 aliphatic rings. The standard InChI is InChI=1S/C26H24N4O3S/c31-24(28-12-14-29(15-13-28)26(32)22-8-4-16-33-22)11-10-21-19-30(18-20-6-2-1-3-7-20)27-25(21)23-9-5-17-34-23/h1-11,16-17,19H,12-15,18H2/b11-10+. The van der Waals surface area contributed by atoms with Crippen LogP contribution < -0.4 is 0 Å². The summed E-state index contributed by atoms with van der Waals surface area (Å²) in [5.41, 5.74) is 2.93. The highest BCUT2D eigenvalue weighted by molar-refractivity contribution is 7.13. The second kappa shape index (κ2) is 9.93. The van der Waals surface area contributed by atoms with Crippen LogP contribution in [0.25, 0.3) is 16.6 Å². The summed E-state index contributed by atoms with van der Waals surface area (Å²) < 4.78 is 7.11. The summed E-state index contributed by atoms with van der Waals surface area (Å²) in [4.78, 5) is 29.8. The van der Waals surface area contributed by atoms with Crippen LogP contribution in [0.4, 0.5) is 0 Å². The third kappa shape index (κ3) is 4.87. The van der Waals surface area contributed by atoms with Crippen molar-refractivity contribution in [2.75, 3.05) is 26.2 Å². The minimum Gasteiger partial charge on any atom is -0.459 e. The normalized spacial score (nSPS) is 14.1. The fraction of sp³-hybridized carbons (Fsp3) is 0.192. The van der Waals surface area contributed by atoms with Gasteiger partial charge in [-0.1, -0.05) is 36.4 Å². The molecule has 1 aliphatic heterocycles. The van der Waals surface area contributed by atoms with Gasteiger partial charge in [0, 0.05) is 44.0 Å². The largest absolute Gasteiger partial charge is 0.459 e. The first-order valence-corrected chi connectivity index (χ1v) is 12.0. The van der Waals surface area contributed by atoms with E-state index in [4.69, 9.17) is 9.52 Å². The Balaban J connectivity index is 1.27. The number of furan rings is 1. The molecule has 172 valence electrons. The molecule has 0 atom stereocenters. The van der Waals surface area contributed by atoms with E-state index in [2.05, 4.69) is 12.1 Å². The predicted octanol–water partition coefficient (Wildman–Crippen LogP) is 4.25. The van der Waals surface area contributed by atoms with E-state index >= 15 is 0 Å². The third-order valence-corrected chi connectivity index (χ3v) is 6.62. The van der Waals surface area contributed by atoms with Gasteiger partial charge in [-0.15, -0.1) is 11.3 Å². The maximum absolute atomic E-state index is 12.9. The van der Waals surface area contributed by atoms with Crippen LogP contribution in [0.15, 0.2) is 82.9 Å². The summed E-state index contributed by atoms with van der Waals surface area (Å²) in [5, 5.41) is 6.81. The Bertz CT molecular complexity index is 1270. The van der Waals surface area contributed by atoms with Gasteiger partial charge in [-0.25, -0.2) is 0 Å². The minimum atomic E-state index is -0.140. The summed E-state index contributed by atoms with van der Waals surface area (Å²) in [7, 11) is 0. The first kappa shape index (κ1) is 21.9. The molecule has 0 spiro atoms. The molecule has 4 heterocycles. The van der Waals surface area contributed by atoms with Crippen LogP contribution in [0, 0.1) is 0 Å². The topological polar surface area (TPSA) is 71.6 Å². The molecule has 1 fully saturated rings. The van der Waals surface area contributed by atoms with Gasteiger partial charge in [0.2, 0.25) is 5.91 Å². The number of benzene rings is 1. The van der Waals surface area contributed by atoms with Crippen LogP contribution in [-0.2, 0) is 11.3 Å². The molecule has 3 aromatic heterocycles. The number of carbonyl (C=O) groups excluding carboxylic acids is 2. The van der Waals surface area contributed by atoms with Crippen LogP contribution in [-0.4, -0.2) is 57.6 Å². The molecule has 0 aliphatic carbocycles. The van der Waals surface area contributed by atoms with Crippen molar-refractivity contribution in [3.05, 3.63) is 95.4 Å². The molecule has 5 rings (SSSR count).